The molecule has 11 nitrogen and oxygen atoms in total. The first-order valence-corrected chi connectivity index (χ1v) is 16.3. The summed E-state index contributed by atoms with van der Waals surface area (Å²) in [4.78, 5) is 39.4. The molecule has 5 fully saturated rings. The summed E-state index contributed by atoms with van der Waals surface area (Å²) in [6, 6.07) is 1.85. The molecule has 5 aliphatic rings. The molecular formula is C34H48O11. The van der Waals surface area contributed by atoms with Gasteiger partial charge in [-0.15, -0.1) is 0 Å². The molecule has 3 heterocycles. The molecule has 250 valence electrons. The van der Waals surface area contributed by atoms with E-state index in [1.165, 1.54) is 6.92 Å². The van der Waals surface area contributed by atoms with Crippen LogP contribution < -0.4 is 0 Å². The molecule has 3 aliphatic carbocycles. The first-order valence-electron chi connectivity index (χ1n) is 16.3. The average molecular weight is 633 g/mol. The number of epoxide rings is 1. The largest absolute Gasteiger partial charge is 0.472 e. The van der Waals surface area contributed by atoms with Crippen LogP contribution in [-0.2, 0) is 33.3 Å². The zero-order valence-electron chi connectivity index (χ0n) is 27.4. The van der Waals surface area contributed by atoms with E-state index in [9.17, 15) is 29.7 Å². The van der Waals surface area contributed by atoms with Gasteiger partial charge in [0.15, 0.2) is 6.10 Å². The van der Waals surface area contributed by atoms with Crippen LogP contribution in [0.2, 0.25) is 0 Å². The lowest BCUT2D eigenvalue weighted by Crippen LogP contribution is -2.78. The van der Waals surface area contributed by atoms with Crippen LogP contribution in [0.15, 0.2) is 23.0 Å². The summed E-state index contributed by atoms with van der Waals surface area (Å²) >= 11 is 0. The maximum atomic E-state index is 13.7. The predicted molar refractivity (Wildman–Crippen MR) is 157 cm³/mol. The van der Waals surface area contributed by atoms with Crippen molar-refractivity contribution in [3.05, 3.63) is 24.2 Å². The first kappa shape index (κ1) is 32.5. The van der Waals surface area contributed by atoms with Crippen LogP contribution in [0.5, 0.6) is 0 Å². The van der Waals surface area contributed by atoms with Gasteiger partial charge in [0, 0.05) is 40.9 Å². The summed E-state index contributed by atoms with van der Waals surface area (Å²) in [5.41, 5.74) is -4.67. The predicted octanol–water partition coefficient (Wildman–Crippen LogP) is 3.27. The third-order valence-electron chi connectivity index (χ3n) is 13.1. The Morgan fingerprint density at radius 1 is 1.09 bits per heavy atom. The Morgan fingerprint density at radius 2 is 1.78 bits per heavy atom. The second kappa shape index (κ2) is 10.3. The number of carbonyl (C=O) groups is 3. The van der Waals surface area contributed by atoms with E-state index in [1.54, 1.807) is 33.3 Å². The quantitative estimate of drug-likeness (QED) is 0.239. The van der Waals surface area contributed by atoms with Crippen molar-refractivity contribution in [2.75, 3.05) is 0 Å². The van der Waals surface area contributed by atoms with Gasteiger partial charge in [-0.3, -0.25) is 9.59 Å². The highest BCUT2D eigenvalue weighted by Gasteiger charge is 2.91. The minimum Gasteiger partial charge on any atom is -0.472 e. The van der Waals surface area contributed by atoms with Crippen molar-refractivity contribution >= 4 is 17.9 Å². The number of rotatable bonds is 6. The minimum atomic E-state index is -1.42. The van der Waals surface area contributed by atoms with Gasteiger partial charge in [-0.05, 0) is 44.2 Å². The Hall–Kier alpha value is -2.47. The highest BCUT2D eigenvalue weighted by atomic mass is 16.6. The highest BCUT2D eigenvalue weighted by Crippen LogP contribution is 2.82. The van der Waals surface area contributed by atoms with Crippen LogP contribution in [0, 0.1) is 34.0 Å². The van der Waals surface area contributed by atoms with E-state index in [1.807, 2.05) is 33.8 Å². The van der Waals surface area contributed by atoms with E-state index in [0.29, 0.717) is 12.8 Å². The Balaban J connectivity index is 1.58. The summed E-state index contributed by atoms with van der Waals surface area (Å²) in [6.45, 7) is 14.2. The van der Waals surface area contributed by atoms with Crippen LogP contribution >= 0.6 is 0 Å². The van der Waals surface area contributed by atoms with Gasteiger partial charge >= 0.3 is 17.9 Å². The van der Waals surface area contributed by atoms with Crippen LogP contribution in [0.25, 0.3) is 0 Å². The fourth-order valence-electron chi connectivity index (χ4n) is 11.0. The maximum absolute atomic E-state index is 13.7. The Kier molecular flexibility index (Phi) is 7.41. The van der Waals surface area contributed by atoms with E-state index < -0.39 is 87.7 Å². The number of aliphatic hydroxyl groups is 3. The third kappa shape index (κ3) is 4.05. The van der Waals surface area contributed by atoms with E-state index in [-0.39, 0.29) is 30.8 Å². The number of hydrogen-bond donors (Lipinski definition) is 3. The van der Waals surface area contributed by atoms with Crippen molar-refractivity contribution in [2.24, 2.45) is 34.0 Å². The molecule has 3 N–H and O–H groups in total. The summed E-state index contributed by atoms with van der Waals surface area (Å²) in [6.07, 6.45) is -2.19. The van der Waals surface area contributed by atoms with Gasteiger partial charge in [0.25, 0.3) is 0 Å². The van der Waals surface area contributed by atoms with Crippen molar-refractivity contribution in [3.8, 4) is 0 Å². The molecule has 45 heavy (non-hydrogen) atoms. The van der Waals surface area contributed by atoms with Crippen LogP contribution in [0.3, 0.4) is 0 Å². The molecule has 1 spiro atoms. The summed E-state index contributed by atoms with van der Waals surface area (Å²) in [7, 11) is 0. The van der Waals surface area contributed by atoms with Crippen molar-refractivity contribution in [1.82, 2.24) is 0 Å². The Bertz CT molecular complexity index is 1360. The number of fused-ring (bicyclic) bond motifs is 3. The van der Waals surface area contributed by atoms with Crippen LogP contribution in [0.1, 0.15) is 92.6 Å². The first-order chi connectivity index (χ1) is 20.9. The van der Waals surface area contributed by atoms with Gasteiger partial charge in [-0.1, -0.05) is 41.0 Å². The fraction of sp³-hybridized carbons (Fsp3) is 0.794. The molecule has 1 aromatic rings. The number of hydrogen-bond acceptors (Lipinski definition) is 11. The highest BCUT2D eigenvalue weighted by molar-refractivity contribution is 5.75. The number of esters is 3. The zero-order valence-corrected chi connectivity index (χ0v) is 27.4. The molecule has 2 aliphatic heterocycles. The van der Waals surface area contributed by atoms with Crippen molar-refractivity contribution in [1.29, 1.82) is 0 Å². The number of carbonyl (C=O) groups excluding carboxylic acids is 3. The molecule has 14 unspecified atom stereocenters. The van der Waals surface area contributed by atoms with Gasteiger partial charge < -0.3 is 38.7 Å². The van der Waals surface area contributed by atoms with Gasteiger partial charge in [-0.25, -0.2) is 4.79 Å². The number of aliphatic hydroxyl groups excluding tert-OH is 3. The second-order valence-electron chi connectivity index (χ2n) is 15.5. The smallest absolute Gasteiger partial charge is 0.335 e. The standard InChI is InChI=1S/C34H48O11/c1-9-16(2)25(38)29(40)43-28-26(39)27-31(6)20(30(4,5)45-24(37)14-22(31)42-17(3)35)13-21(36)33(27,8)34-23(44-34)12-19(32(28,34)7)18-10-11-41-15-18/h10-11,15-16,19-23,25-28,36,38-39H,9,12-14H2,1-8H3. The Morgan fingerprint density at radius 3 is 2.38 bits per heavy atom. The second-order valence-corrected chi connectivity index (χ2v) is 15.5. The van der Waals surface area contributed by atoms with E-state index in [4.69, 9.17) is 23.4 Å². The Labute approximate surface area is 263 Å². The zero-order chi connectivity index (χ0) is 33.1. The molecule has 0 aromatic carbocycles. The van der Waals surface area contributed by atoms with Gasteiger partial charge in [0.2, 0.25) is 0 Å². The van der Waals surface area contributed by atoms with Gasteiger partial charge in [0.05, 0.1) is 37.3 Å². The van der Waals surface area contributed by atoms with Gasteiger partial charge in [0.1, 0.15) is 23.4 Å². The van der Waals surface area contributed by atoms with E-state index in [2.05, 4.69) is 0 Å². The fourth-order valence-corrected chi connectivity index (χ4v) is 11.0. The maximum Gasteiger partial charge on any atom is 0.335 e. The van der Waals surface area contributed by atoms with Crippen LogP contribution in [-0.4, -0.2) is 81.1 Å². The summed E-state index contributed by atoms with van der Waals surface area (Å²) in [5, 5.41) is 36.1. The van der Waals surface area contributed by atoms with Crippen molar-refractivity contribution < 1.29 is 53.1 Å². The van der Waals surface area contributed by atoms with Crippen molar-refractivity contribution in [3.63, 3.8) is 0 Å². The molecule has 0 bridgehead atoms. The summed E-state index contributed by atoms with van der Waals surface area (Å²) < 4.78 is 30.3. The number of ether oxygens (including phenoxy) is 4. The lowest BCUT2D eigenvalue weighted by Gasteiger charge is -2.69. The molecule has 3 saturated carbocycles. The monoisotopic (exact) mass is 632 g/mol. The van der Waals surface area contributed by atoms with Gasteiger partial charge in [-0.2, -0.15) is 0 Å². The molecule has 2 saturated heterocycles. The molecular weight excluding hydrogens is 584 g/mol. The molecule has 0 radical (unpaired) electrons. The topological polar surface area (TPSA) is 165 Å². The average Bonchev–Trinajstić information content (AvgIpc) is 3.34. The summed E-state index contributed by atoms with van der Waals surface area (Å²) in [5.74, 6) is -4.11. The molecule has 11 heteroatoms. The lowest BCUT2D eigenvalue weighted by molar-refractivity contribution is -0.314. The molecule has 1 aromatic heterocycles. The van der Waals surface area contributed by atoms with E-state index in [0.717, 1.165) is 5.56 Å². The van der Waals surface area contributed by atoms with E-state index >= 15 is 0 Å². The SMILES string of the molecule is CCC(C)C(O)C(=O)OC1C(O)C2C3(C)C(OC(C)=O)CC(=O)OC(C)(C)C3CC(O)C2(C)C23OC2CC(c2ccoc2)C13C. The molecule has 6 rings (SSSR count). The lowest BCUT2D eigenvalue weighted by atomic mass is 9.36. The van der Waals surface area contributed by atoms with Crippen molar-refractivity contribution in [2.45, 2.75) is 135 Å². The normalized spacial score (nSPS) is 47.5. The molecule has 0 amide bonds. The van der Waals surface area contributed by atoms with Crippen LogP contribution in [0.4, 0.5) is 0 Å². The number of furan rings is 1. The number of cyclic esters (lactones) is 1. The third-order valence-corrected chi connectivity index (χ3v) is 13.1. The minimum absolute atomic E-state index is 0.190. The molecule has 14 atom stereocenters.